The van der Waals surface area contributed by atoms with Crippen molar-refractivity contribution in [3.8, 4) is 5.75 Å². The zero-order chi connectivity index (χ0) is 14.4. The van der Waals surface area contributed by atoms with Gasteiger partial charge in [0.15, 0.2) is 11.7 Å². The molecule has 0 aliphatic rings. The Morgan fingerprint density at radius 1 is 1.50 bits per heavy atom. The number of amides is 1. The van der Waals surface area contributed by atoms with E-state index in [9.17, 15) is 4.79 Å². The lowest BCUT2D eigenvalue weighted by molar-refractivity contribution is -0.118. The van der Waals surface area contributed by atoms with Gasteiger partial charge >= 0.3 is 0 Å². The molecule has 0 aliphatic heterocycles. The summed E-state index contributed by atoms with van der Waals surface area (Å²) >= 11 is 3.13. The summed E-state index contributed by atoms with van der Waals surface area (Å²) in [5.41, 5.74) is 2.09. The summed E-state index contributed by atoms with van der Waals surface area (Å²) < 4.78 is 5.44. The van der Waals surface area contributed by atoms with Gasteiger partial charge in [0.25, 0.3) is 5.91 Å². The highest BCUT2D eigenvalue weighted by molar-refractivity contribution is 7.97. The number of hydrogen-bond donors (Lipinski definition) is 1. The van der Waals surface area contributed by atoms with Gasteiger partial charge in [0.2, 0.25) is 0 Å². The van der Waals surface area contributed by atoms with Gasteiger partial charge in [0.05, 0.1) is 5.69 Å². The van der Waals surface area contributed by atoms with E-state index in [-0.39, 0.29) is 12.5 Å². The first-order chi connectivity index (χ1) is 9.67. The lowest BCUT2D eigenvalue weighted by Crippen LogP contribution is -2.20. The average Bonchev–Trinajstić information content (AvgIpc) is 2.84. The number of thioether (sulfide) groups is 1. The molecule has 20 heavy (non-hydrogen) atoms. The number of anilines is 1. The van der Waals surface area contributed by atoms with Crippen LogP contribution in [-0.2, 0) is 10.5 Å². The standard InChI is InChI=1S/C14H16N2O2S2/c1-10-4-3-5-12(6-10)18-7-13(17)16-14-15-11(8-19-2)9-20-14/h3-6,9H,7-8H2,1-2H3,(H,15,16,17). The van der Waals surface area contributed by atoms with Crippen LogP contribution in [0.3, 0.4) is 0 Å². The largest absolute Gasteiger partial charge is 0.484 e. The van der Waals surface area contributed by atoms with Crippen LogP contribution in [0.4, 0.5) is 5.13 Å². The molecule has 0 fully saturated rings. The zero-order valence-electron chi connectivity index (χ0n) is 11.4. The molecule has 6 heteroatoms. The third-order valence-corrected chi connectivity index (χ3v) is 3.84. The van der Waals surface area contributed by atoms with Crippen molar-refractivity contribution in [3.63, 3.8) is 0 Å². The number of ether oxygens (including phenoxy) is 1. The summed E-state index contributed by atoms with van der Waals surface area (Å²) in [5.74, 6) is 1.35. The van der Waals surface area contributed by atoms with E-state index in [0.717, 1.165) is 17.0 Å². The van der Waals surface area contributed by atoms with Crippen LogP contribution < -0.4 is 10.1 Å². The van der Waals surface area contributed by atoms with Crippen LogP contribution in [-0.4, -0.2) is 23.8 Å². The van der Waals surface area contributed by atoms with Crippen LogP contribution in [0.15, 0.2) is 29.6 Å². The molecule has 0 radical (unpaired) electrons. The van der Waals surface area contributed by atoms with Crippen LogP contribution >= 0.6 is 23.1 Å². The molecule has 1 amide bonds. The molecular weight excluding hydrogens is 292 g/mol. The summed E-state index contributed by atoms with van der Waals surface area (Å²) in [6.45, 7) is 1.97. The quantitative estimate of drug-likeness (QED) is 0.889. The molecular formula is C14H16N2O2S2. The minimum atomic E-state index is -0.198. The first-order valence-electron chi connectivity index (χ1n) is 6.10. The van der Waals surface area contributed by atoms with E-state index in [2.05, 4.69) is 10.3 Å². The van der Waals surface area contributed by atoms with Crippen molar-refractivity contribution >= 4 is 34.1 Å². The molecule has 0 atom stereocenters. The Balaban J connectivity index is 1.82. The second-order valence-corrected chi connectivity index (χ2v) is 5.95. The normalized spacial score (nSPS) is 10.3. The van der Waals surface area contributed by atoms with Crippen molar-refractivity contribution in [2.24, 2.45) is 0 Å². The first kappa shape index (κ1) is 14.9. The molecule has 0 saturated heterocycles. The van der Waals surface area contributed by atoms with E-state index in [1.165, 1.54) is 11.3 Å². The molecule has 0 aliphatic carbocycles. The Hall–Kier alpha value is -1.53. The lowest BCUT2D eigenvalue weighted by Gasteiger charge is -2.06. The molecule has 1 N–H and O–H groups in total. The maximum Gasteiger partial charge on any atom is 0.264 e. The molecule has 0 unspecified atom stereocenters. The van der Waals surface area contributed by atoms with Crippen molar-refractivity contribution in [2.75, 3.05) is 18.2 Å². The topological polar surface area (TPSA) is 51.2 Å². The Kier molecular flexibility index (Phi) is 5.43. The Morgan fingerprint density at radius 2 is 2.35 bits per heavy atom. The van der Waals surface area contributed by atoms with E-state index in [4.69, 9.17) is 4.74 Å². The van der Waals surface area contributed by atoms with Crippen molar-refractivity contribution in [1.82, 2.24) is 4.98 Å². The Morgan fingerprint density at radius 3 is 3.10 bits per heavy atom. The number of rotatable bonds is 6. The lowest BCUT2D eigenvalue weighted by atomic mass is 10.2. The van der Waals surface area contributed by atoms with Crippen LogP contribution in [0.1, 0.15) is 11.3 Å². The van der Waals surface area contributed by atoms with Crippen LogP contribution in [0.2, 0.25) is 0 Å². The molecule has 1 heterocycles. The predicted octanol–water partition coefficient (Wildman–Crippen LogP) is 3.33. The maximum absolute atomic E-state index is 11.8. The van der Waals surface area contributed by atoms with Gasteiger partial charge in [-0.05, 0) is 30.9 Å². The van der Waals surface area contributed by atoms with E-state index >= 15 is 0 Å². The van der Waals surface area contributed by atoms with Gasteiger partial charge in [-0.15, -0.1) is 11.3 Å². The van der Waals surface area contributed by atoms with Gasteiger partial charge < -0.3 is 4.74 Å². The number of benzene rings is 1. The van der Waals surface area contributed by atoms with Crippen LogP contribution in [0, 0.1) is 6.92 Å². The van der Waals surface area contributed by atoms with Crippen LogP contribution in [0.5, 0.6) is 5.75 Å². The highest BCUT2D eigenvalue weighted by atomic mass is 32.2. The number of nitrogens with one attached hydrogen (secondary N) is 1. The fourth-order valence-corrected chi connectivity index (χ4v) is 2.86. The second kappa shape index (κ2) is 7.31. The van der Waals surface area contributed by atoms with Crippen LogP contribution in [0.25, 0.3) is 0 Å². The maximum atomic E-state index is 11.8. The Bertz CT molecular complexity index is 584. The number of carbonyl (C=O) groups excluding carboxylic acids is 1. The fourth-order valence-electron chi connectivity index (χ4n) is 1.59. The van der Waals surface area contributed by atoms with Gasteiger partial charge in [-0.1, -0.05) is 12.1 Å². The monoisotopic (exact) mass is 308 g/mol. The van der Waals surface area contributed by atoms with Gasteiger partial charge in [0, 0.05) is 11.1 Å². The summed E-state index contributed by atoms with van der Waals surface area (Å²) in [5, 5.41) is 5.31. The van der Waals surface area contributed by atoms with E-state index in [1.54, 1.807) is 11.8 Å². The molecule has 4 nitrogen and oxygen atoms in total. The predicted molar refractivity (Wildman–Crippen MR) is 84.6 cm³/mol. The van der Waals surface area contributed by atoms with E-state index in [0.29, 0.717) is 10.9 Å². The minimum absolute atomic E-state index is 0.0130. The first-order valence-corrected chi connectivity index (χ1v) is 8.37. The minimum Gasteiger partial charge on any atom is -0.484 e. The molecule has 1 aromatic heterocycles. The summed E-state index contributed by atoms with van der Waals surface area (Å²) in [6, 6.07) is 7.61. The highest BCUT2D eigenvalue weighted by Gasteiger charge is 2.07. The summed E-state index contributed by atoms with van der Waals surface area (Å²) in [7, 11) is 0. The van der Waals surface area contributed by atoms with Crippen molar-refractivity contribution in [3.05, 3.63) is 40.9 Å². The summed E-state index contributed by atoms with van der Waals surface area (Å²) in [4.78, 5) is 16.1. The van der Waals surface area contributed by atoms with Gasteiger partial charge in [-0.25, -0.2) is 4.98 Å². The van der Waals surface area contributed by atoms with Gasteiger partial charge in [-0.3, -0.25) is 10.1 Å². The molecule has 0 spiro atoms. The van der Waals surface area contributed by atoms with E-state index in [1.807, 2.05) is 42.8 Å². The third kappa shape index (κ3) is 4.54. The summed E-state index contributed by atoms with van der Waals surface area (Å²) in [6.07, 6.45) is 2.02. The number of thiazole rings is 1. The number of aryl methyl sites for hydroxylation is 1. The van der Waals surface area contributed by atoms with Gasteiger partial charge in [0.1, 0.15) is 5.75 Å². The molecule has 0 bridgehead atoms. The average molecular weight is 308 g/mol. The highest BCUT2D eigenvalue weighted by Crippen LogP contribution is 2.18. The SMILES string of the molecule is CSCc1csc(NC(=O)COc2cccc(C)c2)n1. The fraction of sp³-hybridized carbons (Fsp3) is 0.286. The number of hydrogen-bond acceptors (Lipinski definition) is 5. The smallest absolute Gasteiger partial charge is 0.264 e. The third-order valence-electron chi connectivity index (χ3n) is 2.45. The molecule has 1 aromatic carbocycles. The van der Waals surface area contributed by atoms with Crippen molar-refractivity contribution in [1.29, 1.82) is 0 Å². The number of nitrogens with zero attached hydrogens (tertiary/aromatic N) is 1. The van der Waals surface area contributed by atoms with E-state index < -0.39 is 0 Å². The van der Waals surface area contributed by atoms with Crippen molar-refractivity contribution < 1.29 is 9.53 Å². The van der Waals surface area contributed by atoms with Crippen molar-refractivity contribution in [2.45, 2.75) is 12.7 Å². The Labute approximate surface area is 126 Å². The number of carbonyl (C=O) groups is 1. The molecule has 2 aromatic rings. The molecule has 106 valence electrons. The molecule has 0 saturated carbocycles. The van der Waals surface area contributed by atoms with Gasteiger partial charge in [-0.2, -0.15) is 11.8 Å². The zero-order valence-corrected chi connectivity index (χ0v) is 13.0. The molecule has 2 rings (SSSR count). The second-order valence-electron chi connectivity index (χ2n) is 4.23. The number of aromatic nitrogens is 1.